The molecule has 1 rings (SSSR count). The van der Waals surface area contributed by atoms with Crippen molar-refractivity contribution in [3.63, 3.8) is 0 Å². The van der Waals surface area contributed by atoms with Crippen LogP contribution in [-0.2, 0) is 4.79 Å². The minimum atomic E-state index is 0.734. The lowest BCUT2D eigenvalue weighted by Crippen LogP contribution is -2.15. The molecule has 0 spiro atoms. The zero-order chi connectivity index (χ0) is 7.56. The monoisotopic (exact) mass is 201 g/mol. The first kappa shape index (κ1) is 7.54. The van der Waals surface area contributed by atoms with E-state index in [9.17, 15) is 4.79 Å². The number of carbonyl (C=O) groups excluding carboxylic acids is 1. The lowest BCUT2D eigenvalue weighted by molar-refractivity contribution is -0.104. The third kappa shape index (κ3) is 1.48. The molecular weight excluding hydrogens is 194 g/mol. The summed E-state index contributed by atoms with van der Waals surface area (Å²) in [6, 6.07) is 0. The Bertz CT molecular complexity index is 208. The smallest absolute Gasteiger partial charge is 0.150 e. The third-order valence-electron chi connectivity index (χ3n) is 1.34. The van der Waals surface area contributed by atoms with Gasteiger partial charge in [0.05, 0.1) is 0 Å². The van der Waals surface area contributed by atoms with Gasteiger partial charge in [-0.15, -0.1) is 0 Å². The largest absolute Gasteiger partial charge is 0.376 e. The SMILES string of the molecule is CN1C=C(Br)C(C=O)=CC1. The Hall–Kier alpha value is -0.570. The first-order valence-corrected chi connectivity index (χ1v) is 3.76. The standard InChI is InChI=1S/C7H8BrNO/c1-9-3-2-6(5-10)7(8)4-9/h2,4-5H,3H2,1H3. The molecule has 0 radical (unpaired) electrons. The van der Waals surface area contributed by atoms with Crippen molar-refractivity contribution in [2.75, 3.05) is 13.6 Å². The van der Waals surface area contributed by atoms with Crippen molar-refractivity contribution < 1.29 is 4.79 Å². The fraction of sp³-hybridized carbons (Fsp3) is 0.286. The first-order valence-electron chi connectivity index (χ1n) is 2.97. The van der Waals surface area contributed by atoms with Gasteiger partial charge in [0.2, 0.25) is 0 Å². The predicted octanol–water partition coefficient (Wildman–Crippen LogP) is 1.29. The van der Waals surface area contributed by atoms with Gasteiger partial charge in [0.15, 0.2) is 6.29 Å². The summed E-state index contributed by atoms with van der Waals surface area (Å²) < 4.78 is 0.858. The van der Waals surface area contributed by atoms with Crippen LogP contribution in [0.25, 0.3) is 0 Å². The molecule has 3 heteroatoms. The van der Waals surface area contributed by atoms with E-state index in [1.807, 2.05) is 24.2 Å². The van der Waals surface area contributed by atoms with Gasteiger partial charge >= 0.3 is 0 Å². The number of hydrogen-bond donors (Lipinski definition) is 0. The summed E-state index contributed by atoms with van der Waals surface area (Å²) in [5.41, 5.74) is 0.734. The molecule has 0 aromatic heterocycles. The van der Waals surface area contributed by atoms with Crippen molar-refractivity contribution in [1.29, 1.82) is 0 Å². The summed E-state index contributed by atoms with van der Waals surface area (Å²) in [4.78, 5) is 12.3. The Kier molecular flexibility index (Phi) is 2.27. The quantitative estimate of drug-likeness (QED) is 0.597. The van der Waals surface area contributed by atoms with E-state index < -0.39 is 0 Å². The number of likely N-dealkylation sites (N-methyl/N-ethyl adjacent to an activating group) is 1. The lowest BCUT2D eigenvalue weighted by Gasteiger charge is -2.17. The van der Waals surface area contributed by atoms with Crippen LogP contribution < -0.4 is 0 Å². The van der Waals surface area contributed by atoms with Gasteiger partial charge in [0.1, 0.15) is 0 Å². The molecule has 54 valence electrons. The van der Waals surface area contributed by atoms with E-state index in [4.69, 9.17) is 0 Å². The molecule has 0 saturated carbocycles. The van der Waals surface area contributed by atoms with Crippen molar-refractivity contribution in [1.82, 2.24) is 4.90 Å². The summed E-state index contributed by atoms with van der Waals surface area (Å²) >= 11 is 3.28. The molecule has 0 bridgehead atoms. The van der Waals surface area contributed by atoms with Crippen molar-refractivity contribution >= 4 is 22.2 Å². The Morgan fingerprint density at radius 2 is 2.50 bits per heavy atom. The predicted molar refractivity (Wildman–Crippen MR) is 43.8 cm³/mol. The maximum Gasteiger partial charge on any atom is 0.150 e. The van der Waals surface area contributed by atoms with E-state index in [-0.39, 0.29) is 0 Å². The summed E-state index contributed by atoms with van der Waals surface area (Å²) in [5.74, 6) is 0. The van der Waals surface area contributed by atoms with E-state index in [2.05, 4.69) is 15.9 Å². The summed E-state index contributed by atoms with van der Waals surface area (Å²) in [7, 11) is 1.96. The number of nitrogens with zero attached hydrogens (tertiary/aromatic N) is 1. The summed E-state index contributed by atoms with van der Waals surface area (Å²) in [6.07, 6.45) is 4.63. The zero-order valence-corrected chi connectivity index (χ0v) is 7.26. The molecule has 0 unspecified atom stereocenters. The van der Waals surface area contributed by atoms with Crippen LogP contribution in [-0.4, -0.2) is 24.8 Å². The molecule has 0 amide bonds. The third-order valence-corrected chi connectivity index (χ3v) is 2.00. The van der Waals surface area contributed by atoms with Crippen LogP contribution >= 0.6 is 15.9 Å². The molecule has 0 N–H and O–H groups in total. The van der Waals surface area contributed by atoms with Crippen LogP contribution in [0.15, 0.2) is 22.3 Å². The Morgan fingerprint density at radius 1 is 1.80 bits per heavy atom. The average Bonchev–Trinajstić information content (AvgIpc) is 1.88. The highest BCUT2D eigenvalue weighted by Gasteiger charge is 2.06. The minimum absolute atomic E-state index is 0.734. The van der Waals surface area contributed by atoms with E-state index in [0.29, 0.717) is 0 Å². The van der Waals surface area contributed by atoms with Crippen LogP contribution in [0.5, 0.6) is 0 Å². The Balaban J connectivity index is 2.81. The van der Waals surface area contributed by atoms with Crippen LogP contribution in [0.3, 0.4) is 0 Å². The highest BCUT2D eigenvalue weighted by atomic mass is 79.9. The van der Waals surface area contributed by atoms with Gasteiger partial charge in [0, 0.05) is 29.8 Å². The average molecular weight is 202 g/mol. The van der Waals surface area contributed by atoms with Crippen molar-refractivity contribution in [3.8, 4) is 0 Å². The van der Waals surface area contributed by atoms with E-state index in [1.54, 1.807) is 0 Å². The van der Waals surface area contributed by atoms with Crippen LogP contribution in [0.2, 0.25) is 0 Å². The lowest BCUT2D eigenvalue weighted by atomic mass is 10.2. The number of hydrogen-bond acceptors (Lipinski definition) is 2. The molecule has 0 aromatic rings. The molecule has 0 aliphatic carbocycles. The van der Waals surface area contributed by atoms with Gasteiger partial charge in [-0.3, -0.25) is 4.79 Å². The van der Waals surface area contributed by atoms with Gasteiger partial charge in [-0.1, -0.05) is 6.08 Å². The van der Waals surface area contributed by atoms with Gasteiger partial charge in [-0.25, -0.2) is 0 Å². The van der Waals surface area contributed by atoms with E-state index in [0.717, 1.165) is 22.9 Å². The fourth-order valence-electron chi connectivity index (χ4n) is 0.765. The highest BCUT2D eigenvalue weighted by molar-refractivity contribution is 9.12. The second-order valence-corrected chi connectivity index (χ2v) is 3.05. The molecule has 1 aliphatic rings. The minimum Gasteiger partial charge on any atom is -0.376 e. The number of aldehydes is 1. The van der Waals surface area contributed by atoms with Crippen LogP contribution in [0, 0.1) is 0 Å². The number of halogens is 1. The molecule has 0 aromatic carbocycles. The van der Waals surface area contributed by atoms with Gasteiger partial charge < -0.3 is 4.90 Å². The van der Waals surface area contributed by atoms with Crippen molar-refractivity contribution in [3.05, 3.63) is 22.3 Å². The summed E-state index contributed by atoms with van der Waals surface area (Å²) in [5, 5.41) is 0. The highest BCUT2D eigenvalue weighted by Crippen LogP contribution is 2.18. The topological polar surface area (TPSA) is 20.3 Å². The molecule has 0 saturated heterocycles. The zero-order valence-electron chi connectivity index (χ0n) is 5.67. The molecular formula is C7H8BrNO. The molecule has 10 heavy (non-hydrogen) atoms. The van der Waals surface area contributed by atoms with Crippen LogP contribution in [0.4, 0.5) is 0 Å². The molecule has 0 fully saturated rings. The molecule has 1 heterocycles. The van der Waals surface area contributed by atoms with Gasteiger partial charge in [-0.05, 0) is 15.9 Å². The Morgan fingerprint density at radius 3 is 3.00 bits per heavy atom. The first-order chi connectivity index (χ1) is 4.74. The van der Waals surface area contributed by atoms with Gasteiger partial charge in [0.25, 0.3) is 0 Å². The number of carbonyl (C=O) groups is 1. The number of allylic oxidation sites excluding steroid dienone is 2. The number of rotatable bonds is 1. The van der Waals surface area contributed by atoms with Crippen LogP contribution in [0.1, 0.15) is 0 Å². The molecule has 2 nitrogen and oxygen atoms in total. The van der Waals surface area contributed by atoms with E-state index >= 15 is 0 Å². The maximum atomic E-state index is 10.3. The maximum absolute atomic E-state index is 10.3. The second kappa shape index (κ2) is 3.01. The van der Waals surface area contributed by atoms with Crippen molar-refractivity contribution in [2.45, 2.75) is 0 Å². The second-order valence-electron chi connectivity index (χ2n) is 2.19. The van der Waals surface area contributed by atoms with E-state index in [1.165, 1.54) is 0 Å². The Labute approximate surface area is 68.3 Å². The molecule has 0 atom stereocenters. The van der Waals surface area contributed by atoms with Crippen molar-refractivity contribution in [2.24, 2.45) is 0 Å². The molecule has 1 aliphatic heterocycles. The van der Waals surface area contributed by atoms with Gasteiger partial charge in [-0.2, -0.15) is 0 Å². The summed E-state index contributed by atoms with van der Waals surface area (Å²) in [6.45, 7) is 0.809. The normalized spacial score (nSPS) is 18.0. The fourth-order valence-corrected chi connectivity index (χ4v) is 1.37.